The maximum absolute atomic E-state index is 12.5. The van der Waals surface area contributed by atoms with Crippen LogP contribution >= 0.6 is 0 Å². The van der Waals surface area contributed by atoms with Gasteiger partial charge in [0.05, 0.1) is 25.4 Å². The van der Waals surface area contributed by atoms with Gasteiger partial charge in [-0.15, -0.1) is 0 Å². The number of carbonyl (C=O) groups excluding carboxylic acids is 2. The standard InChI is InChI=1S/C71H133NO5/c1-3-5-7-9-11-13-15-17-18-19-31-34-37-40-43-47-51-55-59-63-69(74)68(67-73)72-70(75)64-60-56-52-48-44-41-38-35-32-29-27-25-23-21-20-22-24-26-28-30-33-36-39-42-46-50-54-58-62-66-77-71(76)65-61-57-53-49-45-16-14-12-10-8-6-4-2/h12,14,20,22,26,28,59,63,68-69,73-74H,3-11,13,15-19,21,23-25,27,29-58,60-62,64-67H2,1-2H3,(H,72,75)/b14-12-,22-20-,28-26-,63-59+. The number of amides is 1. The van der Waals surface area contributed by atoms with Crippen LogP contribution < -0.4 is 5.32 Å². The molecule has 0 aliphatic rings. The molecule has 0 saturated heterocycles. The third kappa shape index (κ3) is 62.9. The number of esters is 1. The summed E-state index contributed by atoms with van der Waals surface area (Å²) in [6.45, 7) is 4.90. The van der Waals surface area contributed by atoms with Crippen molar-refractivity contribution in [3.8, 4) is 0 Å². The Morgan fingerprint density at radius 2 is 0.649 bits per heavy atom. The molecule has 1 amide bonds. The van der Waals surface area contributed by atoms with E-state index in [9.17, 15) is 19.8 Å². The lowest BCUT2D eigenvalue weighted by molar-refractivity contribution is -0.143. The summed E-state index contributed by atoms with van der Waals surface area (Å²) in [5, 5.41) is 23.2. The Morgan fingerprint density at radius 1 is 0.364 bits per heavy atom. The molecule has 2 atom stereocenters. The van der Waals surface area contributed by atoms with Crippen LogP contribution in [-0.4, -0.2) is 47.4 Å². The Hall–Kier alpha value is -2.18. The van der Waals surface area contributed by atoms with Crippen molar-refractivity contribution in [1.29, 1.82) is 0 Å². The smallest absolute Gasteiger partial charge is 0.305 e. The third-order valence-electron chi connectivity index (χ3n) is 15.8. The zero-order valence-corrected chi connectivity index (χ0v) is 51.7. The fourth-order valence-corrected chi connectivity index (χ4v) is 10.5. The van der Waals surface area contributed by atoms with Gasteiger partial charge in [-0.1, -0.05) is 313 Å². The van der Waals surface area contributed by atoms with E-state index in [1.807, 2.05) is 6.08 Å². The van der Waals surface area contributed by atoms with E-state index in [-0.39, 0.29) is 18.5 Å². The average Bonchev–Trinajstić information content (AvgIpc) is 3.43. The first kappa shape index (κ1) is 74.8. The summed E-state index contributed by atoms with van der Waals surface area (Å²) >= 11 is 0. The monoisotopic (exact) mass is 1080 g/mol. The number of aliphatic hydroxyl groups excluding tert-OH is 2. The summed E-state index contributed by atoms with van der Waals surface area (Å²) in [6.07, 6.45) is 86.1. The van der Waals surface area contributed by atoms with Gasteiger partial charge in [-0.25, -0.2) is 0 Å². The second-order valence-electron chi connectivity index (χ2n) is 23.5. The van der Waals surface area contributed by atoms with E-state index in [1.54, 1.807) is 6.08 Å². The molecule has 0 saturated carbocycles. The fourth-order valence-electron chi connectivity index (χ4n) is 10.5. The molecule has 0 bridgehead atoms. The van der Waals surface area contributed by atoms with Crippen molar-refractivity contribution in [2.45, 2.75) is 379 Å². The molecule has 0 aliphatic heterocycles. The lowest BCUT2D eigenvalue weighted by Gasteiger charge is -2.20. The molecule has 0 fully saturated rings. The van der Waals surface area contributed by atoms with Gasteiger partial charge in [0.25, 0.3) is 0 Å². The molecule has 2 unspecified atom stereocenters. The van der Waals surface area contributed by atoms with Crippen molar-refractivity contribution < 1.29 is 24.5 Å². The lowest BCUT2D eigenvalue weighted by Crippen LogP contribution is -2.45. The van der Waals surface area contributed by atoms with E-state index in [1.165, 1.54) is 289 Å². The average molecular weight is 1080 g/mol. The van der Waals surface area contributed by atoms with Crippen LogP contribution in [0.1, 0.15) is 367 Å². The van der Waals surface area contributed by atoms with Crippen LogP contribution in [-0.2, 0) is 14.3 Å². The minimum Gasteiger partial charge on any atom is -0.466 e. The Labute approximate surface area is 480 Å². The van der Waals surface area contributed by atoms with Crippen molar-refractivity contribution in [2.24, 2.45) is 0 Å². The number of rotatable bonds is 64. The minimum absolute atomic E-state index is 0.00150. The maximum atomic E-state index is 12.5. The van der Waals surface area contributed by atoms with E-state index in [2.05, 4.69) is 55.6 Å². The molecule has 0 aromatic heterocycles. The molecular formula is C71H133NO5. The van der Waals surface area contributed by atoms with Crippen LogP contribution in [0.4, 0.5) is 0 Å². The number of hydrogen-bond donors (Lipinski definition) is 3. The van der Waals surface area contributed by atoms with E-state index in [0.717, 1.165) is 51.4 Å². The lowest BCUT2D eigenvalue weighted by atomic mass is 10.0. The van der Waals surface area contributed by atoms with Gasteiger partial charge in [-0.2, -0.15) is 0 Å². The molecule has 77 heavy (non-hydrogen) atoms. The Bertz CT molecular complexity index is 1290. The van der Waals surface area contributed by atoms with E-state index >= 15 is 0 Å². The molecule has 0 aliphatic carbocycles. The van der Waals surface area contributed by atoms with E-state index < -0.39 is 12.1 Å². The molecule has 0 spiro atoms. The maximum Gasteiger partial charge on any atom is 0.305 e. The van der Waals surface area contributed by atoms with Crippen molar-refractivity contribution in [2.75, 3.05) is 13.2 Å². The molecule has 0 aromatic rings. The van der Waals surface area contributed by atoms with Gasteiger partial charge in [0.2, 0.25) is 5.91 Å². The first-order chi connectivity index (χ1) is 38.0. The zero-order valence-electron chi connectivity index (χ0n) is 51.7. The van der Waals surface area contributed by atoms with Gasteiger partial charge in [0.1, 0.15) is 0 Å². The first-order valence-electron chi connectivity index (χ1n) is 34.4. The number of aliphatic hydroxyl groups is 2. The molecule has 6 nitrogen and oxygen atoms in total. The fraction of sp³-hybridized carbons (Fsp3) is 0.859. The van der Waals surface area contributed by atoms with Crippen LogP contribution in [0.2, 0.25) is 0 Å². The van der Waals surface area contributed by atoms with Gasteiger partial charge in [-0.05, 0) is 89.9 Å². The highest BCUT2D eigenvalue weighted by atomic mass is 16.5. The molecule has 0 rings (SSSR count). The predicted molar refractivity (Wildman–Crippen MR) is 338 cm³/mol. The Morgan fingerprint density at radius 3 is 1.03 bits per heavy atom. The third-order valence-corrected chi connectivity index (χ3v) is 15.8. The largest absolute Gasteiger partial charge is 0.466 e. The van der Waals surface area contributed by atoms with Gasteiger partial charge >= 0.3 is 5.97 Å². The number of unbranched alkanes of at least 4 members (excludes halogenated alkanes) is 47. The highest BCUT2D eigenvalue weighted by Crippen LogP contribution is 2.18. The predicted octanol–water partition coefficient (Wildman–Crippen LogP) is 22.1. The van der Waals surface area contributed by atoms with E-state index in [0.29, 0.717) is 19.4 Å². The highest BCUT2D eigenvalue weighted by Gasteiger charge is 2.18. The van der Waals surface area contributed by atoms with Gasteiger partial charge < -0.3 is 20.3 Å². The first-order valence-corrected chi connectivity index (χ1v) is 34.4. The van der Waals surface area contributed by atoms with Crippen LogP contribution in [0.25, 0.3) is 0 Å². The Kier molecular flexibility index (Phi) is 64.5. The second kappa shape index (κ2) is 66.3. The summed E-state index contributed by atoms with van der Waals surface area (Å²) in [5.41, 5.74) is 0. The van der Waals surface area contributed by atoms with Gasteiger partial charge in [-0.3, -0.25) is 9.59 Å². The number of ether oxygens (including phenoxy) is 1. The quantitative estimate of drug-likeness (QED) is 0.0320. The van der Waals surface area contributed by atoms with Crippen LogP contribution in [0.3, 0.4) is 0 Å². The van der Waals surface area contributed by atoms with Crippen LogP contribution in [0.5, 0.6) is 0 Å². The van der Waals surface area contributed by atoms with Crippen molar-refractivity contribution in [3.05, 3.63) is 48.6 Å². The molecule has 0 radical (unpaired) electrons. The number of allylic oxidation sites excluding steroid dienone is 7. The topological polar surface area (TPSA) is 95.9 Å². The van der Waals surface area contributed by atoms with Crippen molar-refractivity contribution >= 4 is 11.9 Å². The molecule has 452 valence electrons. The zero-order chi connectivity index (χ0) is 55.7. The number of nitrogens with one attached hydrogen (secondary N) is 1. The number of carbonyl (C=O) groups is 2. The second-order valence-corrected chi connectivity index (χ2v) is 23.5. The summed E-state index contributed by atoms with van der Waals surface area (Å²) < 4.78 is 5.47. The molecule has 0 aromatic carbocycles. The molecule has 6 heteroatoms. The molecule has 0 heterocycles. The molecular weight excluding hydrogens is 947 g/mol. The van der Waals surface area contributed by atoms with E-state index in [4.69, 9.17) is 4.74 Å². The van der Waals surface area contributed by atoms with Crippen LogP contribution in [0.15, 0.2) is 48.6 Å². The van der Waals surface area contributed by atoms with Crippen molar-refractivity contribution in [3.63, 3.8) is 0 Å². The molecule has 3 N–H and O–H groups in total. The summed E-state index contributed by atoms with van der Waals surface area (Å²) in [4.78, 5) is 24.5. The SMILES string of the molecule is CCCCC/C=C\CCCCCCCC(=O)OCCCCCCCCCCC/C=C\C/C=C\CCCCCCCCCCCCCCCC(=O)NC(CO)C(O)/C=C/CCCCCCCCCCCCCCCCCCC. The summed E-state index contributed by atoms with van der Waals surface area (Å²) in [5.74, 6) is -0.0649. The normalized spacial score (nSPS) is 12.8. The van der Waals surface area contributed by atoms with Crippen molar-refractivity contribution in [1.82, 2.24) is 5.32 Å². The van der Waals surface area contributed by atoms with Crippen LogP contribution in [0, 0.1) is 0 Å². The summed E-state index contributed by atoms with van der Waals surface area (Å²) in [7, 11) is 0. The van der Waals surface area contributed by atoms with Gasteiger partial charge in [0, 0.05) is 12.8 Å². The Balaban J connectivity index is 3.44. The van der Waals surface area contributed by atoms with Gasteiger partial charge in [0.15, 0.2) is 0 Å². The number of hydrogen-bond acceptors (Lipinski definition) is 5. The highest BCUT2D eigenvalue weighted by molar-refractivity contribution is 5.76. The summed E-state index contributed by atoms with van der Waals surface area (Å²) in [6, 6.07) is -0.630. The minimum atomic E-state index is -0.846.